The molecule has 1 aromatic carbocycles. The van der Waals surface area contributed by atoms with Crippen molar-refractivity contribution in [3.8, 4) is 0 Å². The van der Waals surface area contributed by atoms with Crippen molar-refractivity contribution in [2.45, 2.75) is 33.4 Å². The second-order valence-corrected chi connectivity index (χ2v) is 6.04. The highest BCUT2D eigenvalue weighted by Gasteiger charge is 2.15. The molecule has 1 atom stereocenters. The Morgan fingerprint density at radius 2 is 2.10 bits per heavy atom. The highest BCUT2D eigenvalue weighted by molar-refractivity contribution is 5.26. The lowest BCUT2D eigenvalue weighted by Gasteiger charge is -2.13. The van der Waals surface area contributed by atoms with Crippen LogP contribution in [0.25, 0.3) is 0 Å². The number of hydrogen-bond acceptors (Lipinski definition) is 3. The van der Waals surface area contributed by atoms with Crippen LogP contribution < -0.4 is 5.32 Å². The smallest absolute Gasteiger partial charge is 0.0720 e. The van der Waals surface area contributed by atoms with E-state index in [0.29, 0.717) is 18.4 Å². The Balaban J connectivity index is 1.77. The fourth-order valence-corrected chi connectivity index (χ4v) is 2.42. The van der Waals surface area contributed by atoms with Crippen LogP contribution in [0.1, 0.15) is 31.4 Å². The summed E-state index contributed by atoms with van der Waals surface area (Å²) < 4.78 is 11.2. The minimum atomic E-state index is 0.584. The molecule has 1 N–H and O–H groups in total. The van der Waals surface area contributed by atoms with Gasteiger partial charge in [0.2, 0.25) is 0 Å². The van der Waals surface area contributed by atoms with Crippen molar-refractivity contribution in [1.82, 2.24) is 5.32 Å². The molecule has 112 valence electrons. The van der Waals surface area contributed by atoms with Gasteiger partial charge in [0.1, 0.15) is 0 Å². The van der Waals surface area contributed by atoms with Gasteiger partial charge in [0.15, 0.2) is 0 Å². The summed E-state index contributed by atoms with van der Waals surface area (Å²) in [6.45, 7) is 9.70. The Labute approximate surface area is 122 Å². The second kappa shape index (κ2) is 8.40. The van der Waals surface area contributed by atoms with Crippen LogP contribution in [0.3, 0.4) is 0 Å². The maximum absolute atomic E-state index is 5.86. The zero-order valence-electron chi connectivity index (χ0n) is 12.7. The first kappa shape index (κ1) is 15.5. The van der Waals surface area contributed by atoms with Crippen LogP contribution in [0.4, 0.5) is 0 Å². The third-order valence-corrected chi connectivity index (χ3v) is 3.62. The Hall–Kier alpha value is -0.900. The van der Waals surface area contributed by atoms with Gasteiger partial charge in [0.05, 0.1) is 19.8 Å². The van der Waals surface area contributed by atoms with E-state index in [2.05, 4.69) is 43.4 Å². The van der Waals surface area contributed by atoms with E-state index < -0.39 is 0 Å². The van der Waals surface area contributed by atoms with Gasteiger partial charge in [0.25, 0.3) is 0 Å². The lowest BCUT2D eigenvalue weighted by Crippen LogP contribution is -2.20. The second-order valence-electron chi connectivity index (χ2n) is 6.04. The van der Waals surface area contributed by atoms with Crippen molar-refractivity contribution < 1.29 is 9.47 Å². The quantitative estimate of drug-likeness (QED) is 0.792. The zero-order valence-corrected chi connectivity index (χ0v) is 12.7. The van der Waals surface area contributed by atoms with Gasteiger partial charge in [-0.25, -0.2) is 0 Å². The van der Waals surface area contributed by atoms with E-state index in [1.165, 1.54) is 11.1 Å². The molecule has 3 heteroatoms. The summed E-state index contributed by atoms with van der Waals surface area (Å²) in [4.78, 5) is 0. The summed E-state index contributed by atoms with van der Waals surface area (Å²) in [5.74, 6) is 1.27. The van der Waals surface area contributed by atoms with Crippen LogP contribution in [0.5, 0.6) is 0 Å². The van der Waals surface area contributed by atoms with E-state index in [9.17, 15) is 0 Å². The van der Waals surface area contributed by atoms with Crippen molar-refractivity contribution >= 4 is 0 Å². The summed E-state index contributed by atoms with van der Waals surface area (Å²) in [5.41, 5.74) is 2.64. The molecule has 0 radical (unpaired) electrons. The van der Waals surface area contributed by atoms with Crippen molar-refractivity contribution in [3.05, 3.63) is 35.4 Å². The molecule has 0 bridgehead atoms. The first-order chi connectivity index (χ1) is 9.75. The number of nitrogens with one attached hydrogen (secondary N) is 1. The fourth-order valence-electron chi connectivity index (χ4n) is 2.42. The lowest BCUT2D eigenvalue weighted by atomic mass is 10.1. The van der Waals surface area contributed by atoms with Crippen LogP contribution in [0.2, 0.25) is 0 Å². The molecule has 0 spiro atoms. The van der Waals surface area contributed by atoms with Gasteiger partial charge in [-0.15, -0.1) is 0 Å². The molecule has 1 aromatic rings. The number of rotatable bonds is 8. The Bertz CT molecular complexity index is 386. The maximum atomic E-state index is 5.86. The molecule has 3 nitrogen and oxygen atoms in total. The van der Waals surface area contributed by atoms with Gasteiger partial charge in [-0.3, -0.25) is 0 Å². The summed E-state index contributed by atoms with van der Waals surface area (Å²) in [5, 5.41) is 3.50. The minimum Gasteiger partial charge on any atom is -0.381 e. The summed E-state index contributed by atoms with van der Waals surface area (Å²) >= 11 is 0. The molecule has 0 aromatic heterocycles. The molecule has 1 heterocycles. The van der Waals surface area contributed by atoms with Gasteiger partial charge in [0, 0.05) is 19.1 Å². The van der Waals surface area contributed by atoms with E-state index in [1.54, 1.807) is 0 Å². The third-order valence-electron chi connectivity index (χ3n) is 3.62. The molecular formula is C17H27NO2. The van der Waals surface area contributed by atoms with Crippen molar-refractivity contribution in [1.29, 1.82) is 0 Å². The molecule has 20 heavy (non-hydrogen) atoms. The lowest BCUT2D eigenvalue weighted by molar-refractivity contribution is 0.0787. The SMILES string of the molecule is CC(C)CNCc1ccccc1COCC1CCOC1. The van der Waals surface area contributed by atoms with E-state index in [0.717, 1.165) is 39.3 Å². The molecular weight excluding hydrogens is 250 g/mol. The normalized spacial score (nSPS) is 18.9. The summed E-state index contributed by atoms with van der Waals surface area (Å²) in [6.07, 6.45) is 1.14. The predicted octanol–water partition coefficient (Wildman–Crippen LogP) is 2.99. The number of hydrogen-bond donors (Lipinski definition) is 1. The van der Waals surface area contributed by atoms with Gasteiger partial charge < -0.3 is 14.8 Å². The third kappa shape index (κ3) is 5.23. The summed E-state index contributed by atoms with van der Waals surface area (Å²) in [7, 11) is 0. The Morgan fingerprint density at radius 3 is 2.80 bits per heavy atom. The highest BCUT2D eigenvalue weighted by atomic mass is 16.5. The van der Waals surface area contributed by atoms with Gasteiger partial charge in [-0.05, 0) is 30.0 Å². The summed E-state index contributed by atoms with van der Waals surface area (Å²) in [6, 6.07) is 8.53. The van der Waals surface area contributed by atoms with Crippen LogP contribution in [0, 0.1) is 11.8 Å². The van der Waals surface area contributed by atoms with E-state index in [1.807, 2.05) is 0 Å². The van der Waals surface area contributed by atoms with Gasteiger partial charge >= 0.3 is 0 Å². The molecule has 1 fully saturated rings. The van der Waals surface area contributed by atoms with Crippen LogP contribution >= 0.6 is 0 Å². The van der Waals surface area contributed by atoms with E-state index >= 15 is 0 Å². The molecule has 1 saturated heterocycles. The average molecular weight is 277 g/mol. The monoisotopic (exact) mass is 277 g/mol. The highest BCUT2D eigenvalue weighted by Crippen LogP contribution is 2.15. The Kier molecular flexibility index (Phi) is 6.51. The number of ether oxygens (including phenoxy) is 2. The van der Waals surface area contributed by atoms with Crippen LogP contribution in [0.15, 0.2) is 24.3 Å². The molecule has 1 aliphatic heterocycles. The fraction of sp³-hybridized carbons (Fsp3) is 0.647. The average Bonchev–Trinajstić information content (AvgIpc) is 2.93. The molecule has 2 rings (SSSR count). The largest absolute Gasteiger partial charge is 0.381 e. The molecule has 0 aliphatic carbocycles. The van der Waals surface area contributed by atoms with E-state index in [4.69, 9.17) is 9.47 Å². The number of benzene rings is 1. The molecule has 0 saturated carbocycles. The zero-order chi connectivity index (χ0) is 14.2. The topological polar surface area (TPSA) is 30.5 Å². The Morgan fingerprint density at radius 1 is 1.30 bits per heavy atom. The van der Waals surface area contributed by atoms with Gasteiger partial charge in [-0.1, -0.05) is 38.1 Å². The van der Waals surface area contributed by atoms with Crippen LogP contribution in [-0.4, -0.2) is 26.4 Å². The molecule has 1 unspecified atom stereocenters. The van der Waals surface area contributed by atoms with Crippen molar-refractivity contribution in [2.24, 2.45) is 11.8 Å². The molecule has 0 amide bonds. The van der Waals surface area contributed by atoms with Crippen molar-refractivity contribution in [2.75, 3.05) is 26.4 Å². The van der Waals surface area contributed by atoms with Crippen LogP contribution in [-0.2, 0) is 22.6 Å². The maximum Gasteiger partial charge on any atom is 0.0720 e. The van der Waals surface area contributed by atoms with E-state index in [-0.39, 0.29) is 0 Å². The van der Waals surface area contributed by atoms with Gasteiger partial charge in [-0.2, -0.15) is 0 Å². The molecule has 1 aliphatic rings. The standard InChI is InChI=1S/C17H27NO2/c1-14(2)9-18-10-16-5-3-4-6-17(16)13-20-12-15-7-8-19-11-15/h3-6,14-15,18H,7-13H2,1-2H3. The minimum absolute atomic E-state index is 0.584. The first-order valence-corrected chi connectivity index (χ1v) is 7.68. The predicted molar refractivity (Wildman–Crippen MR) is 81.6 cm³/mol. The van der Waals surface area contributed by atoms with Crippen molar-refractivity contribution in [3.63, 3.8) is 0 Å². The first-order valence-electron chi connectivity index (χ1n) is 7.68.